The molecule has 2 nitrogen and oxygen atoms in total. The summed E-state index contributed by atoms with van der Waals surface area (Å²) in [6, 6.07) is 0.390. The molecule has 2 heteroatoms. The molecule has 2 rings (SSSR count). The summed E-state index contributed by atoms with van der Waals surface area (Å²) in [5.41, 5.74) is 2.06. The SMILES string of the molecule is C=C1C=C(C)C=CC1C(=O)NC1CCCC1. The lowest BCUT2D eigenvalue weighted by molar-refractivity contribution is -0.123. The maximum absolute atomic E-state index is 12.0. The third kappa shape index (κ3) is 2.43. The minimum absolute atomic E-state index is 0.108. The van der Waals surface area contributed by atoms with Crippen LogP contribution in [-0.2, 0) is 4.79 Å². The van der Waals surface area contributed by atoms with Crippen LogP contribution in [0.5, 0.6) is 0 Å². The monoisotopic (exact) mass is 217 g/mol. The second kappa shape index (κ2) is 4.69. The minimum atomic E-state index is -0.163. The number of amides is 1. The van der Waals surface area contributed by atoms with Gasteiger partial charge < -0.3 is 5.32 Å². The Balaban J connectivity index is 1.95. The summed E-state index contributed by atoms with van der Waals surface area (Å²) in [5.74, 6) is -0.0544. The maximum atomic E-state index is 12.0. The fourth-order valence-electron chi connectivity index (χ4n) is 2.42. The molecule has 1 atom stereocenters. The van der Waals surface area contributed by atoms with Crippen LogP contribution in [0, 0.1) is 5.92 Å². The van der Waals surface area contributed by atoms with E-state index in [2.05, 4.69) is 11.9 Å². The molecule has 0 aliphatic heterocycles. The lowest BCUT2D eigenvalue weighted by Gasteiger charge is -2.20. The van der Waals surface area contributed by atoms with Gasteiger partial charge in [0.1, 0.15) is 0 Å². The molecular formula is C14H19NO. The highest BCUT2D eigenvalue weighted by molar-refractivity contribution is 5.85. The molecule has 86 valence electrons. The van der Waals surface area contributed by atoms with E-state index in [0.717, 1.165) is 24.0 Å². The molecule has 16 heavy (non-hydrogen) atoms. The van der Waals surface area contributed by atoms with Gasteiger partial charge in [-0.3, -0.25) is 4.79 Å². The van der Waals surface area contributed by atoms with Crippen molar-refractivity contribution in [3.63, 3.8) is 0 Å². The fraction of sp³-hybridized carbons (Fsp3) is 0.500. The quantitative estimate of drug-likeness (QED) is 0.757. The summed E-state index contributed by atoms with van der Waals surface area (Å²) in [6.45, 7) is 5.97. The molecule has 0 aromatic heterocycles. The van der Waals surface area contributed by atoms with E-state index in [1.165, 1.54) is 12.8 Å². The molecule has 2 aliphatic carbocycles. The van der Waals surface area contributed by atoms with Gasteiger partial charge in [0.25, 0.3) is 0 Å². The standard InChI is InChI=1S/C14H19NO/c1-10-7-8-13(11(2)9-10)14(16)15-12-5-3-4-6-12/h7-9,12-13H,2-6H2,1H3,(H,15,16). The summed E-state index contributed by atoms with van der Waals surface area (Å²) in [4.78, 5) is 12.0. The van der Waals surface area contributed by atoms with Gasteiger partial charge in [-0.15, -0.1) is 0 Å². The van der Waals surface area contributed by atoms with Gasteiger partial charge in [-0.2, -0.15) is 0 Å². The number of nitrogens with one attached hydrogen (secondary N) is 1. The highest BCUT2D eigenvalue weighted by Crippen LogP contribution is 2.23. The average Bonchev–Trinajstić information content (AvgIpc) is 2.70. The van der Waals surface area contributed by atoms with E-state index < -0.39 is 0 Å². The molecular weight excluding hydrogens is 198 g/mol. The van der Waals surface area contributed by atoms with Crippen LogP contribution in [-0.4, -0.2) is 11.9 Å². The third-order valence-electron chi connectivity index (χ3n) is 3.35. The first-order valence-corrected chi connectivity index (χ1v) is 6.02. The van der Waals surface area contributed by atoms with E-state index in [4.69, 9.17) is 0 Å². The van der Waals surface area contributed by atoms with Crippen LogP contribution in [0.2, 0.25) is 0 Å². The predicted octanol–water partition coefficient (Wildman–Crippen LogP) is 2.73. The molecule has 1 unspecified atom stereocenters. The molecule has 0 heterocycles. The van der Waals surface area contributed by atoms with Crippen molar-refractivity contribution in [2.45, 2.75) is 38.6 Å². The topological polar surface area (TPSA) is 29.1 Å². The number of hydrogen-bond acceptors (Lipinski definition) is 1. The molecule has 0 aromatic rings. The first-order valence-electron chi connectivity index (χ1n) is 6.02. The molecule has 1 amide bonds. The van der Waals surface area contributed by atoms with Gasteiger partial charge in [0, 0.05) is 6.04 Å². The van der Waals surface area contributed by atoms with E-state index in [-0.39, 0.29) is 11.8 Å². The minimum Gasteiger partial charge on any atom is -0.353 e. The van der Waals surface area contributed by atoms with Crippen molar-refractivity contribution in [3.8, 4) is 0 Å². The van der Waals surface area contributed by atoms with Crippen molar-refractivity contribution in [1.29, 1.82) is 0 Å². The van der Waals surface area contributed by atoms with Gasteiger partial charge in [-0.1, -0.05) is 43.2 Å². The Hall–Kier alpha value is -1.31. The fourth-order valence-corrected chi connectivity index (χ4v) is 2.42. The van der Waals surface area contributed by atoms with Gasteiger partial charge in [-0.05, 0) is 25.3 Å². The molecule has 0 bridgehead atoms. The van der Waals surface area contributed by atoms with Gasteiger partial charge in [0.05, 0.1) is 5.92 Å². The van der Waals surface area contributed by atoms with E-state index in [9.17, 15) is 4.79 Å². The summed E-state index contributed by atoms with van der Waals surface area (Å²) in [5, 5.41) is 3.11. The molecule has 0 spiro atoms. The molecule has 1 N–H and O–H groups in total. The molecule has 1 fully saturated rings. The van der Waals surface area contributed by atoms with Gasteiger partial charge in [0.15, 0.2) is 0 Å². The summed E-state index contributed by atoms with van der Waals surface area (Å²) in [6.07, 6.45) is 10.7. The van der Waals surface area contributed by atoms with E-state index >= 15 is 0 Å². The van der Waals surface area contributed by atoms with Gasteiger partial charge >= 0.3 is 0 Å². The van der Waals surface area contributed by atoms with E-state index in [1.807, 2.05) is 25.2 Å². The Labute approximate surface area is 97.1 Å². The highest BCUT2D eigenvalue weighted by atomic mass is 16.1. The van der Waals surface area contributed by atoms with Crippen LogP contribution >= 0.6 is 0 Å². The van der Waals surface area contributed by atoms with Gasteiger partial charge in [-0.25, -0.2) is 0 Å². The number of rotatable bonds is 2. The summed E-state index contributed by atoms with van der Waals surface area (Å²) >= 11 is 0. The second-order valence-electron chi connectivity index (χ2n) is 4.79. The summed E-state index contributed by atoms with van der Waals surface area (Å²) < 4.78 is 0. The van der Waals surface area contributed by atoms with Crippen LogP contribution in [0.25, 0.3) is 0 Å². The average molecular weight is 217 g/mol. The Bertz CT molecular complexity index is 359. The molecule has 0 saturated heterocycles. The van der Waals surface area contributed by atoms with Crippen LogP contribution < -0.4 is 5.32 Å². The smallest absolute Gasteiger partial charge is 0.231 e. The number of carbonyl (C=O) groups excluding carboxylic acids is 1. The lowest BCUT2D eigenvalue weighted by Crippen LogP contribution is -2.37. The molecule has 0 radical (unpaired) electrons. The van der Waals surface area contributed by atoms with E-state index in [1.54, 1.807) is 0 Å². The zero-order valence-corrected chi connectivity index (χ0v) is 9.83. The van der Waals surface area contributed by atoms with Crippen molar-refractivity contribution in [3.05, 3.63) is 36.0 Å². The zero-order valence-electron chi connectivity index (χ0n) is 9.83. The van der Waals surface area contributed by atoms with Crippen LogP contribution in [0.15, 0.2) is 36.0 Å². The van der Waals surface area contributed by atoms with E-state index in [0.29, 0.717) is 6.04 Å². The maximum Gasteiger partial charge on any atom is 0.231 e. The zero-order chi connectivity index (χ0) is 11.5. The number of hydrogen-bond donors (Lipinski definition) is 1. The first-order chi connectivity index (χ1) is 7.66. The summed E-state index contributed by atoms with van der Waals surface area (Å²) in [7, 11) is 0. The lowest BCUT2D eigenvalue weighted by atomic mass is 9.92. The van der Waals surface area contributed by atoms with Crippen molar-refractivity contribution < 1.29 is 4.79 Å². The predicted molar refractivity (Wildman–Crippen MR) is 65.9 cm³/mol. The van der Waals surface area contributed by atoms with Crippen molar-refractivity contribution in [2.75, 3.05) is 0 Å². The highest BCUT2D eigenvalue weighted by Gasteiger charge is 2.23. The Morgan fingerprint density at radius 1 is 1.44 bits per heavy atom. The first kappa shape index (κ1) is 11.2. The Kier molecular flexibility index (Phi) is 3.28. The van der Waals surface area contributed by atoms with Crippen molar-refractivity contribution in [1.82, 2.24) is 5.32 Å². The number of allylic oxidation sites excluding steroid dienone is 3. The second-order valence-corrected chi connectivity index (χ2v) is 4.79. The molecule has 2 aliphatic rings. The Morgan fingerprint density at radius 2 is 2.12 bits per heavy atom. The molecule has 1 saturated carbocycles. The Morgan fingerprint density at radius 3 is 2.75 bits per heavy atom. The third-order valence-corrected chi connectivity index (χ3v) is 3.35. The van der Waals surface area contributed by atoms with Crippen molar-refractivity contribution in [2.24, 2.45) is 5.92 Å². The van der Waals surface area contributed by atoms with Gasteiger partial charge in [0.2, 0.25) is 5.91 Å². The van der Waals surface area contributed by atoms with Crippen LogP contribution in [0.3, 0.4) is 0 Å². The van der Waals surface area contributed by atoms with Crippen LogP contribution in [0.1, 0.15) is 32.6 Å². The van der Waals surface area contributed by atoms with Crippen LogP contribution in [0.4, 0.5) is 0 Å². The molecule has 0 aromatic carbocycles. The largest absolute Gasteiger partial charge is 0.353 e. The number of carbonyl (C=O) groups is 1. The van der Waals surface area contributed by atoms with Crippen molar-refractivity contribution >= 4 is 5.91 Å². The normalized spacial score (nSPS) is 25.7.